The molecule has 0 aliphatic rings. The molecule has 8 heteroatoms. The van der Waals surface area contributed by atoms with Crippen LogP contribution in [-0.2, 0) is 27.7 Å². The fourth-order valence-electron chi connectivity index (χ4n) is 2.70. The van der Waals surface area contributed by atoms with Gasteiger partial charge in [-0.25, -0.2) is 18.5 Å². The largest absolute Gasteiger partial charge is 0.441 e. The fraction of sp³-hybridized carbons (Fsp3) is 0.200. The van der Waals surface area contributed by atoms with E-state index in [1.54, 1.807) is 19.1 Å². The highest BCUT2D eigenvalue weighted by Crippen LogP contribution is 2.21. The Morgan fingerprint density at radius 2 is 1.79 bits per heavy atom. The molecule has 0 saturated heterocycles. The predicted octanol–water partition coefficient (Wildman–Crippen LogP) is 2.20. The summed E-state index contributed by atoms with van der Waals surface area (Å²) in [5, 5.41) is 7.91. The molecule has 0 radical (unpaired) electrons. The number of carbonyl (C=O) groups is 1. The Labute approximate surface area is 163 Å². The van der Waals surface area contributed by atoms with Crippen LogP contribution in [0.4, 0.5) is 0 Å². The van der Waals surface area contributed by atoms with E-state index in [9.17, 15) is 13.2 Å². The van der Waals surface area contributed by atoms with Crippen molar-refractivity contribution in [2.24, 2.45) is 5.14 Å². The van der Waals surface area contributed by atoms with E-state index in [0.717, 1.165) is 11.1 Å². The minimum atomic E-state index is -3.70. The van der Waals surface area contributed by atoms with E-state index in [0.29, 0.717) is 30.3 Å². The van der Waals surface area contributed by atoms with Gasteiger partial charge in [-0.3, -0.25) is 4.79 Å². The van der Waals surface area contributed by atoms with Crippen molar-refractivity contribution in [3.8, 4) is 11.5 Å². The summed E-state index contributed by atoms with van der Waals surface area (Å²) < 4.78 is 28.2. The lowest BCUT2D eigenvalue weighted by Crippen LogP contribution is -2.27. The van der Waals surface area contributed by atoms with Gasteiger partial charge in [0.15, 0.2) is 0 Å². The number of hydrogen-bond donors (Lipinski definition) is 2. The van der Waals surface area contributed by atoms with Crippen LogP contribution in [0.2, 0.25) is 0 Å². The summed E-state index contributed by atoms with van der Waals surface area (Å²) in [6, 6.07) is 15.8. The molecule has 0 saturated carbocycles. The molecule has 7 nitrogen and oxygen atoms in total. The van der Waals surface area contributed by atoms with Crippen molar-refractivity contribution in [3.05, 3.63) is 71.6 Å². The van der Waals surface area contributed by atoms with Crippen LogP contribution < -0.4 is 10.5 Å². The van der Waals surface area contributed by atoms with Crippen LogP contribution in [0.25, 0.3) is 11.5 Å². The summed E-state index contributed by atoms with van der Waals surface area (Å²) in [5.41, 5.74) is 2.37. The van der Waals surface area contributed by atoms with Gasteiger partial charge in [0.1, 0.15) is 5.76 Å². The van der Waals surface area contributed by atoms with E-state index in [2.05, 4.69) is 10.3 Å². The summed E-state index contributed by atoms with van der Waals surface area (Å²) in [4.78, 5) is 16.7. The van der Waals surface area contributed by atoms with Gasteiger partial charge in [-0.2, -0.15) is 0 Å². The first-order chi connectivity index (χ1) is 13.3. The van der Waals surface area contributed by atoms with Crippen molar-refractivity contribution in [1.29, 1.82) is 0 Å². The number of aryl methyl sites for hydroxylation is 1. The molecule has 1 amide bonds. The van der Waals surface area contributed by atoms with Crippen molar-refractivity contribution >= 4 is 15.9 Å². The second kappa shape index (κ2) is 8.37. The Morgan fingerprint density at radius 3 is 2.43 bits per heavy atom. The van der Waals surface area contributed by atoms with Crippen LogP contribution in [0.5, 0.6) is 0 Å². The molecule has 2 aromatic carbocycles. The van der Waals surface area contributed by atoms with Gasteiger partial charge in [-0.05, 0) is 43.2 Å². The average Bonchev–Trinajstić information content (AvgIpc) is 3.02. The number of carbonyl (C=O) groups excluding carboxylic acids is 1. The van der Waals surface area contributed by atoms with Crippen LogP contribution in [0.3, 0.4) is 0 Å². The summed E-state index contributed by atoms with van der Waals surface area (Å²) in [6.07, 6.45) is 0.705. The molecule has 0 atom stereocenters. The summed E-state index contributed by atoms with van der Waals surface area (Å²) >= 11 is 0. The Kier molecular flexibility index (Phi) is 5.91. The Morgan fingerprint density at radius 1 is 1.11 bits per heavy atom. The Balaban J connectivity index is 1.53. The molecule has 0 aliphatic carbocycles. The monoisotopic (exact) mass is 399 g/mol. The normalized spacial score (nSPS) is 11.4. The lowest BCUT2D eigenvalue weighted by molar-refractivity contribution is -0.120. The molecular formula is C20H21N3O4S. The third-order valence-corrected chi connectivity index (χ3v) is 5.16. The van der Waals surface area contributed by atoms with Crippen molar-refractivity contribution in [1.82, 2.24) is 10.3 Å². The minimum absolute atomic E-state index is 0.0658. The highest BCUT2D eigenvalue weighted by Gasteiger charge is 2.14. The predicted molar refractivity (Wildman–Crippen MR) is 105 cm³/mol. The van der Waals surface area contributed by atoms with E-state index < -0.39 is 10.0 Å². The highest BCUT2D eigenvalue weighted by atomic mass is 32.2. The SMILES string of the molecule is Cc1oc(-c2ccccc2)nc1CC(=O)NCCc1ccc(S(N)(=O)=O)cc1. The molecule has 1 aromatic heterocycles. The van der Waals surface area contributed by atoms with Crippen molar-refractivity contribution in [2.75, 3.05) is 6.54 Å². The summed E-state index contributed by atoms with van der Waals surface area (Å²) in [6.45, 7) is 2.21. The maximum absolute atomic E-state index is 12.2. The average molecular weight is 399 g/mol. The molecule has 0 aliphatic heterocycles. The number of primary sulfonamides is 1. The van der Waals surface area contributed by atoms with Gasteiger partial charge in [0.05, 0.1) is 17.0 Å². The first-order valence-corrected chi connectivity index (χ1v) is 10.3. The van der Waals surface area contributed by atoms with Crippen LogP contribution in [0, 0.1) is 6.92 Å². The van der Waals surface area contributed by atoms with Gasteiger partial charge in [0.25, 0.3) is 0 Å². The topological polar surface area (TPSA) is 115 Å². The van der Waals surface area contributed by atoms with Crippen molar-refractivity contribution in [2.45, 2.75) is 24.7 Å². The molecular weight excluding hydrogens is 378 g/mol. The molecule has 0 spiro atoms. The molecule has 3 N–H and O–H groups in total. The van der Waals surface area contributed by atoms with E-state index >= 15 is 0 Å². The molecule has 3 aromatic rings. The number of benzene rings is 2. The van der Waals surface area contributed by atoms with Gasteiger partial charge in [0, 0.05) is 12.1 Å². The number of nitrogens with one attached hydrogen (secondary N) is 1. The second-order valence-corrected chi connectivity index (χ2v) is 7.92. The van der Waals surface area contributed by atoms with Gasteiger partial charge < -0.3 is 9.73 Å². The number of nitrogens with zero attached hydrogens (tertiary/aromatic N) is 1. The Hall–Kier alpha value is -2.97. The van der Waals surface area contributed by atoms with Crippen molar-refractivity contribution < 1.29 is 17.6 Å². The fourth-order valence-corrected chi connectivity index (χ4v) is 3.22. The number of rotatable bonds is 7. The maximum Gasteiger partial charge on any atom is 0.238 e. The second-order valence-electron chi connectivity index (χ2n) is 6.35. The van der Waals surface area contributed by atoms with Gasteiger partial charge in [0.2, 0.25) is 21.8 Å². The van der Waals surface area contributed by atoms with Crippen LogP contribution in [-0.4, -0.2) is 25.9 Å². The molecule has 0 unspecified atom stereocenters. The number of hydrogen-bond acceptors (Lipinski definition) is 5. The first-order valence-electron chi connectivity index (χ1n) is 8.73. The van der Waals surface area contributed by atoms with Crippen LogP contribution >= 0.6 is 0 Å². The standard InChI is InChI=1S/C20H21N3O4S/c1-14-18(23-20(27-14)16-5-3-2-4-6-16)13-19(24)22-12-11-15-7-9-17(10-8-15)28(21,25)26/h2-10H,11-13H2,1H3,(H,22,24)(H2,21,25,26). The molecule has 28 heavy (non-hydrogen) atoms. The minimum Gasteiger partial charge on any atom is -0.441 e. The molecule has 0 fully saturated rings. The first kappa shape index (κ1) is 19.8. The van der Waals surface area contributed by atoms with Crippen LogP contribution in [0.1, 0.15) is 17.0 Å². The van der Waals surface area contributed by atoms with Gasteiger partial charge in [-0.1, -0.05) is 30.3 Å². The Bertz CT molecular complexity index is 1060. The summed E-state index contributed by atoms with van der Waals surface area (Å²) in [5.74, 6) is 0.959. The third-order valence-electron chi connectivity index (χ3n) is 4.23. The summed E-state index contributed by atoms with van der Waals surface area (Å²) in [7, 11) is -3.70. The lowest BCUT2D eigenvalue weighted by atomic mass is 10.1. The zero-order valence-corrected chi connectivity index (χ0v) is 16.2. The van der Waals surface area contributed by atoms with E-state index in [-0.39, 0.29) is 17.2 Å². The zero-order valence-electron chi connectivity index (χ0n) is 15.4. The molecule has 1 heterocycles. The zero-order chi connectivity index (χ0) is 20.1. The van der Waals surface area contributed by atoms with E-state index in [1.807, 2.05) is 30.3 Å². The third kappa shape index (κ3) is 5.05. The quantitative estimate of drug-likeness (QED) is 0.632. The lowest BCUT2D eigenvalue weighted by Gasteiger charge is -2.05. The van der Waals surface area contributed by atoms with Crippen LogP contribution in [0.15, 0.2) is 63.9 Å². The van der Waals surface area contributed by atoms with Crippen molar-refractivity contribution in [3.63, 3.8) is 0 Å². The molecule has 0 bridgehead atoms. The molecule has 146 valence electrons. The van der Waals surface area contributed by atoms with Gasteiger partial charge >= 0.3 is 0 Å². The molecule has 3 rings (SSSR count). The maximum atomic E-state index is 12.2. The number of amides is 1. The van der Waals surface area contributed by atoms with E-state index in [1.165, 1.54) is 12.1 Å². The van der Waals surface area contributed by atoms with Gasteiger partial charge in [-0.15, -0.1) is 0 Å². The number of sulfonamides is 1. The number of oxazole rings is 1. The highest BCUT2D eigenvalue weighted by molar-refractivity contribution is 7.89. The van der Waals surface area contributed by atoms with E-state index in [4.69, 9.17) is 9.56 Å². The number of aromatic nitrogens is 1. The smallest absolute Gasteiger partial charge is 0.238 e. The number of nitrogens with two attached hydrogens (primary N) is 1.